The van der Waals surface area contributed by atoms with Gasteiger partial charge in [0.15, 0.2) is 5.16 Å². The van der Waals surface area contributed by atoms with Gasteiger partial charge in [-0.15, -0.1) is 10.2 Å². The lowest BCUT2D eigenvalue weighted by Crippen LogP contribution is -2.27. The minimum atomic E-state index is -4.26. The summed E-state index contributed by atoms with van der Waals surface area (Å²) in [6, 6.07) is 5.86. The van der Waals surface area contributed by atoms with Crippen LogP contribution in [0.4, 0.5) is 13.2 Å². The third kappa shape index (κ3) is 4.51. The number of aryl methyl sites for hydroxylation is 1. The zero-order chi connectivity index (χ0) is 21.6. The molecule has 4 nitrogen and oxygen atoms in total. The van der Waals surface area contributed by atoms with Crippen molar-refractivity contribution in [1.29, 1.82) is 0 Å². The summed E-state index contributed by atoms with van der Waals surface area (Å²) in [6.07, 6.45) is 2.68. The van der Waals surface area contributed by atoms with Gasteiger partial charge in [0.1, 0.15) is 5.82 Å². The van der Waals surface area contributed by atoms with E-state index in [0.717, 1.165) is 73.5 Å². The average Bonchev–Trinajstić information content (AvgIpc) is 3.64. The Bertz CT molecular complexity index is 922. The molecule has 0 N–H and O–H groups in total. The van der Waals surface area contributed by atoms with Gasteiger partial charge in [-0.2, -0.15) is 13.2 Å². The highest BCUT2D eigenvalue weighted by atomic mass is 32.2. The van der Waals surface area contributed by atoms with Gasteiger partial charge in [0.25, 0.3) is 0 Å². The number of alkyl halides is 3. The van der Waals surface area contributed by atoms with Crippen LogP contribution in [0.2, 0.25) is 0 Å². The number of halogens is 3. The molecule has 0 radical (unpaired) electrons. The third-order valence-electron chi connectivity index (χ3n) is 7.20. The van der Waals surface area contributed by atoms with Crippen LogP contribution in [-0.4, -0.2) is 45.1 Å². The number of piperidine rings is 1. The SMILES string of the molecule is Cn1c(CCCCN2C[C@@H]3C[C@]3(c3ccc(C(F)(F)F)cc3)C2)nnc1SCC1CC1. The van der Waals surface area contributed by atoms with Gasteiger partial charge in [-0.1, -0.05) is 23.9 Å². The molecular formula is C23H29F3N4S. The average molecular weight is 451 g/mol. The van der Waals surface area contributed by atoms with E-state index in [0.29, 0.717) is 5.92 Å². The number of fused-ring (bicyclic) bond motifs is 1. The predicted molar refractivity (Wildman–Crippen MR) is 115 cm³/mol. The van der Waals surface area contributed by atoms with Crippen molar-refractivity contribution >= 4 is 11.8 Å². The standard InChI is InChI=1S/C23H29F3N4S/c1-29-20(27-28-21(29)31-14-16-5-6-16)4-2-3-11-30-13-19-12-22(19,15-30)17-7-9-18(10-8-17)23(24,25)26/h7-10,16,19H,2-6,11-15H2,1H3/t19-,22+/m0/s1. The smallest absolute Gasteiger partial charge is 0.309 e. The Kier molecular flexibility index (Phi) is 5.57. The fourth-order valence-corrected chi connectivity index (χ4v) is 6.09. The summed E-state index contributed by atoms with van der Waals surface area (Å²) in [5.41, 5.74) is 0.599. The molecule has 1 aliphatic heterocycles. The molecule has 0 spiro atoms. The molecule has 1 aromatic heterocycles. The fraction of sp³-hybridized carbons (Fsp3) is 0.652. The summed E-state index contributed by atoms with van der Waals surface area (Å²) in [6.45, 7) is 3.07. The predicted octanol–water partition coefficient (Wildman–Crippen LogP) is 4.93. The van der Waals surface area contributed by atoms with Gasteiger partial charge in [0, 0.05) is 37.7 Å². The zero-order valence-electron chi connectivity index (χ0n) is 17.9. The highest BCUT2D eigenvalue weighted by molar-refractivity contribution is 7.99. The molecule has 3 aliphatic rings. The van der Waals surface area contributed by atoms with Crippen LogP contribution in [0.15, 0.2) is 29.4 Å². The number of hydrogen-bond acceptors (Lipinski definition) is 4. The van der Waals surface area contributed by atoms with Crippen molar-refractivity contribution in [2.45, 2.75) is 55.3 Å². The summed E-state index contributed by atoms with van der Waals surface area (Å²) in [5.74, 6) is 3.68. The van der Waals surface area contributed by atoms with Crippen LogP contribution in [0.25, 0.3) is 0 Å². The Morgan fingerprint density at radius 3 is 2.61 bits per heavy atom. The molecule has 1 saturated heterocycles. The third-order valence-corrected chi connectivity index (χ3v) is 8.45. The molecule has 2 aromatic rings. The lowest BCUT2D eigenvalue weighted by atomic mass is 9.94. The van der Waals surface area contributed by atoms with E-state index < -0.39 is 11.7 Å². The maximum atomic E-state index is 12.8. The van der Waals surface area contributed by atoms with Crippen molar-refractivity contribution in [3.05, 3.63) is 41.2 Å². The Labute approximate surface area is 185 Å². The number of nitrogens with zero attached hydrogens (tertiary/aromatic N) is 4. The van der Waals surface area contributed by atoms with E-state index in [4.69, 9.17) is 0 Å². The van der Waals surface area contributed by atoms with Gasteiger partial charge in [-0.05, 0) is 68.2 Å². The Morgan fingerprint density at radius 1 is 1.13 bits per heavy atom. The number of hydrogen-bond donors (Lipinski definition) is 0. The van der Waals surface area contributed by atoms with Crippen LogP contribution in [0.1, 0.15) is 49.1 Å². The number of likely N-dealkylation sites (tertiary alicyclic amines) is 1. The fourth-order valence-electron chi connectivity index (χ4n) is 4.98. The van der Waals surface area contributed by atoms with Gasteiger partial charge in [0.2, 0.25) is 0 Å². The van der Waals surface area contributed by atoms with E-state index in [2.05, 4.69) is 26.7 Å². The first-order chi connectivity index (χ1) is 14.8. The number of thioether (sulfide) groups is 1. The lowest BCUT2D eigenvalue weighted by Gasteiger charge is -2.21. The van der Waals surface area contributed by atoms with E-state index in [1.165, 1.54) is 25.0 Å². The minimum absolute atomic E-state index is 0.0847. The van der Waals surface area contributed by atoms with E-state index in [1.54, 1.807) is 12.1 Å². The number of rotatable bonds is 9. The molecule has 3 fully saturated rings. The molecule has 2 saturated carbocycles. The molecule has 0 amide bonds. The number of aromatic nitrogens is 3. The second-order valence-electron chi connectivity index (χ2n) is 9.54. The number of benzene rings is 1. The second kappa shape index (κ2) is 8.10. The first kappa shape index (κ1) is 21.3. The molecule has 8 heteroatoms. The second-order valence-corrected chi connectivity index (χ2v) is 10.5. The van der Waals surface area contributed by atoms with Crippen LogP contribution >= 0.6 is 11.8 Å². The van der Waals surface area contributed by atoms with E-state index in [-0.39, 0.29) is 5.41 Å². The summed E-state index contributed by atoms with van der Waals surface area (Å²) in [7, 11) is 2.06. The molecule has 0 unspecified atom stereocenters. The van der Waals surface area contributed by atoms with Crippen LogP contribution in [-0.2, 0) is 25.1 Å². The first-order valence-electron chi connectivity index (χ1n) is 11.3. The molecule has 0 bridgehead atoms. The number of unbranched alkanes of at least 4 members (excludes halogenated alkanes) is 1. The molecule has 31 heavy (non-hydrogen) atoms. The van der Waals surface area contributed by atoms with Gasteiger partial charge in [-0.3, -0.25) is 0 Å². The lowest BCUT2D eigenvalue weighted by molar-refractivity contribution is -0.137. The largest absolute Gasteiger partial charge is 0.416 e. The van der Waals surface area contributed by atoms with Gasteiger partial charge >= 0.3 is 6.18 Å². The van der Waals surface area contributed by atoms with Crippen molar-refractivity contribution < 1.29 is 13.2 Å². The van der Waals surface area contributed by atoms with Gasteiger partial charge in [0.05, 0.1) is 5.56 Å². The summed E-state index contributed by atoms with van der Waals surface area (Å²) in [5, 5.41) is 9.75. The van der Waals surface area contributed by atoms with Crippen molar-refractivity contribution in [2.24, 2.45) is 18.9 Å². The molecule has 2 atom stereocenters. The van der Waals surface area contributed by atoms with Crippen LogP contribution in [0, 0.1) is 11.8 Å². The Hall–Kier alpha value is -1.54. The Morgan fingerprint density at radius 2 is 1.90 bits per heavy atom. The Balaban J connectivity index is 1.08. The highest BCUT2D eigenvalue weighted by Gasteiger charge is 2.60. The highest BCUT2D eigenvalue weighted by Crippen LogP contribution is 2.59. The van der Waals surface area contributed by atoms with Crippen molar-refractivity contribution in [1.82, 2.24) is 19.7 Å². The minimum Gasteiger partial charge on any atom is -0.309 e. The molecule has 168 valence electrons. The van der Waals surface area contributed by atoms with Crippen LogP contribution in [0.3, 0.4) is 0 Å². The summed E-state index contributed by atoms with van der Waals surface area (Å²) in [4.78, 5) is 2.49. The molecule has 2 aliphatic carbocycles. The maximum absolute atomic E-state index is 12.8. The zero-order valence-corrected chi connectivity index (χ0v) is 18.7. The van der Waals surface area contributed by atoms with Crippen molar-refractivity contribution in [3.63, 3.8) is 0 Å². The molecule has 5 rings (SSSR count). The summed E-state index contributed by atoms with van der Waals surface area (Å²) < 4.78 is 40.7. The van der Waals surface area contributed by atoms with Crippen molar-refractivity contribution in [2.75, 3.05) is 25.4 Å². The monoisotopic (exact) mass is 450 g/mol. The van der Waals surface area contributed by atoms with E-state index in [1.807, 2.05) is 11.8 Å². The normalized spacial score (nSPS) is 25.7. The van der Waals surface area contributed by atoms with Gasteiger partial charge < -0.3 is 9.47 Å². The topological polar surface area (TPSA) is 34.0 Å². The van der Waals surface area contributed by atoms with E-state index >= 15 is 0 Å². The van der Waals surface area contributed by atoms with Crippen LogP contribution in [0.5, 0.6) is 0 Å². The summed E-state index contributed by atoms with van der Waals surface area (Å²) >= 11 is 1.82. The molecule has 1 aromatic carbocycles. The van der Waals surface area contributed by atoms with Gasteiger partial charge in [-0.25, -0.2) is 0 Å². The first-order valence-corrected chi connectivity index (χ1v) is 12.2. The van der Waals surface area contributed by atoms with Crippen LogP contribution < -0.4 is 0 Å². The molecular weight excluding hydrogens is 421 g/mol. The quantitative estimate of drug-likeness (QED) is 0.401. The molecule has 2 heterocycles. The maximum Gasteiger partial charge on any atom is 0.416 e. The van der Waals surface area contributed by atoms with Crippen molar-refractivity contribution in [3.8, 4) is 0 Å². The van der Waals surface area contributed by atoms with E-state index in [9.17, 15) is 13.2 Å².